The van der Waals surface area contributed by atoms with Crippen molar-refractivity contribution in [3.05, 3.63) is 17.0 Å². The van der Waals surface area contributed by atoms with E-state index in [4.69, 9.17) is 19.6 Å². The summed E-state index contributed by atoms with van der Waals surface area (Å²) in [5.41, 5.74) is 2.55. The summed E-state index contributed by atoms with van der Waals surface area (Å²) in [6.07, 6.45) is -1.89. The molecule has 12 heteroatoms. The maximum Gasteiger partial charge on any atom is 0.490 e. The number of nitrogens with zero attached hydrogens (tertiary/aromatic N) is 4. The number of alkyl halides is 3. The van der Waals surface area contributed by atoms with Crippen molar-refractivity contribution in [2.24, 2.45) is 0 Å². The van der Waals surface area contributed by atoms with Crippen LogP contribution in [0.25, 0.3) is 0 Å². The monoisotopic (exact) mass is 461 g/mol. The lowest BCUT2D eigenvalue weighted by molar-refractivity contribution is -0.192. The summed E-state index contributed by atoms with van der Waals surface area (Å²) in [6, 6.07) is 0.441. The first-order chi connectivity index (χ1) is 15.0. The number of amides is 1. The second kappa shape index (κ2) is 11.4. The molecule has 180 valence electrons. The molecule has 1 fully saturated rings. The van der Waals surface area contributed by atoms with Crippen molar-refractivity contribution >= 4 is 17.8 Å². The first-order valence-electron chi connectivity index (χ1n) is 10.5. The lowest BCUT2D eigenvalue weighted by Crippen LogP contribution is -2.39. The SMILES string of the molecule is COCCNC(=O)c1nc(N2CCCC2)nc2c1CN(C(C)C)CC2.O=C(O)C(F)(F)F. The highest BCUT2D eigenvalue weighted by Gasteiger charge is 2.38. The van der Waals surface area contributed by atoms with Crippen LogP contribution in [-0.2, 0) is 22.5 Å². The number of fused-ring (bicyclic) bond motifs is 1. The van der Waals surface area contributed by atoms with Gasteiger partial charge in [0, 0.05) is 57.9 Å². The second-order valence-electron chi connectivity index (χ2n) is 7.86. The summed E-state index contributed by atoms with van der Waals surface area (Å²) in [6.45, 7) is 9.01. The van der Waals surface area contributed by atoms with E-state index in [1.54, 1.807) is 7.11 Å². The van der Waals surface area contributed by atoms with E-state index in [9.17, 15) is 18.0 Å². The van der Waals surface area contributed by atoms with Crippen molar-refractivity contribution in [3.8, 4) is 0 Å². The number of carbonyl (C=O) groups is 2. The zero-order valence-electron chi connectivity index (χ0n) is 18.5. The largest absolute Gasteiger partial charge is 0.490 e. The molecule has 0 spiro atoms. The third-order valence-electron chi connectivity index (χ3n) is 5.25. The standard InChI is InChI=1S/C18H29N5O2.C2HF3O2/c1-13(2)23-10-6-15-14(12-23)16(17(24)19-7-11-25-3)21-18(20-15)22-8-4-5-9-22;3-2(4,5)1(6)7/h13H,4-12H2,1-3H3,(H,19,24);(H,6,7). The molecule has 0 radical (unpaired) electrons. The number of aromatic nitrogens is 2. The Morgan fingerprint density at radius 3 is 2.34 bits per heavy atom. The van der Waals surface area contributed by atoms with Gasteiger partial charge in [0.25, 0.3) is 5.91 Å². The van der Waals surface area contributed by atoms with E-state index >= 15 is 0 Å². The molecule has 2 aliphatic rings. The predicted molar refractivity (Wildman–Crippen MR) is 111 cm³/mol. The van der Waals surface area contributed by atoms with Crippen LogP contribution in [0, 0.1) is 0 Å². The Balaban J connectivity index is 0.000000451. The summed E-state index contributed by atoms with van der Waals surface area (Å²) >= 11 is 0. The minimum atomic E-state index is -5.08. The number of rotatable bonds is 6. The third-order valence-corrected chi connectivity index (χ3v) is 5.25. The highest BCUT2D eigenvalue weighted by Crippen LogP contribution is 2.25. The van der Waals surface area contributed by atoms with Crippen molar-refractivity contribution in [1.29, 1.82) is 0 Å². The first kappa shape index (κ1) is 25.8. The van der Waals surface area contributed by atoms with E-state index in [1.807, 2.05) is 0 Å². The Hall–Kier alpha value is -2.47. The summed E-state index contributed by atoms with van der Waals surface area (Å²) in [5.74, 6) is -2.17. The molecule has 1 saturated heterocycles. The number of anilines is 1. The highest BCUT2D eigenvalue weighted by atomic mass is 19.4. The van der Waals surface area contributed by atoms with Crippen LogP contribution in [-0.4, -0.2) is 84.0 Å². The number of halogens is 3. The summed E-state index contributed by atoms with van der Waals surface area (Å²) in [4.78, 5) is 35.7. The molecule has 32 heavy (non-hydrogen) atoms. The number of nitrogens with one attached hydrogen (secondary N) is 1. The molecule has 0 aliphatic carbocycles. The van der Waals surface area contributed by atoms with Gasteiger partial charge in [0.15, 0.2) is 0 Å². The molecule has 0 unspecified atom stereocenters. The smallest absolute Gasteiger partial charge is 0.475 e. The highest BCUT2D eigenvalue weighted by molar-refractivity contribution is 5.94. The van der Waals surface area contributed by atoms with Crippen molar-refractivity contribution in [3.63, 3.8) is 0 Å². The number of methoxy groups -OCH3 is 1. The van der Waals surface area contributed by atoms with Gasteiger partial charge in [0.2, 0.25) is 5.95 Å². The van der Waals surface area contributed by atoms with Crippen LogP contribution < -0.4 is 10.2 Å². The number of carboxylic acids is 1. The van der Waals surface area contributed by atoms with Crippen LogP contribution in [0.15, 0.2) is 0 Å². The Labute approximate surface area is 185 Å². The van der Waals surface area contributed by atoms with Crippen molar-refractivity contribution in [2.75, 3.05) is 44.8 Å². The van der Waals surface area contributed by atoms with Gasteiger partial charge in [-0.15, -0.1) is 0 Å². The van der Waals surface area contributed by atoms with Crippen molar-refractivity contribution in [2.45, 2.75) is 51.9 Å². The van der Waals surface area contributed by atoms with Crippen LogP contribution in [0.4, 0.5) is 19.1 Å². The molecule has 2 N–H and O–H groups in total. The molecule has 0 aromatic carbocycles. The zero-order chi connectivity index (χ0) is 23.9. The topological polar surface area (TPSA) is 108 Å². The molecule has 1 aromatic heterocycles. The van der Waals surface area contributed by atoms with E-state index in [1.165, 1.54) is 0 Å². The van der Waals surface area contributed by atoms with Crippen LogP contribution >= 0.6 is 0 Å². The lowest BCUT2D eigenvalue weighted by atomic mass is 10.0. The number of aliphatic carboxylic acids is 1. The van der Waals surface area contributed by atoms with E-state index in [-0.39, 0.29) is 5.91 Å². The van der Waals surface area contributed by atoms with Gasteiger partial charge in [-0.1, -0.05) is 0 Å². The van der Waals surface area contributed by atoms with Crippen LogP contribution in [0.5, 0.6) is 0 Å². The number of ether oxygens (including phenoxy) is 1. The van der Waals surface area contributed by atoms with Crippen LogP contribution in [0.1, 0.15) is 48.4 Å². The Morgan fingerprint density at radius 1 is 1.19 bits per heavy atom. The van der Waals surface area contributed by atoms with Gasteiger partial charge >= 0.3 is 12.1 Å². The quantitative estimate of drug-likeness (QED) is 0.618. The zero-order valence-corrected chi connectivity index (χ0v) is 18.5. The average molecular weight is 461 g/mol. The molecule has 3 rings (SSSR count). The van der Waals surface area contributed by atoms with E-state index in [0.29, 0.717) is 30.8 Å². The number of carbonyl (C=O) groups excluding carboxylic acids is 1. The maximum atomic E-state index is 12.7. The molecule has 0 saturated carbocycles. The van der Waals surface area contributed by atoms with Gasteiger partial charge in [-0.25, -0.2) is 14.8 Å². The fraction of sp³-hybridized carbons (Fsp3) is 0.700. The fourth-order valence-corrected chi connectivity index (χ4v) is 3.46. The molecular formula is C20H30F3N5O4. The molecule has 0 atom stereocenters. The maximum absolute atomic E-state index is 12.7. The fourth-order valence-electron chi connectivity index (χ4n) is 3.46. The van der Waals surface area contributed by atoms with Gasteiger partial charge in [0.05, 0.1) is 12.3 Å². The van der Waals surface area contributed by atoms with Gasteiger partial charge in [-0.3, -0.25) is 9.69 Å². The van der Waals surface area contributed by atoms with Crippen LogP contribution in [0.3, 0.4) is 0 Å². The molecule has 1 amide bonds. The first-order valence-corrected chi connectivity index (χ1v) is 10.5. The Morgan fingerprint density at radius 2 is 1.81 bits per heavy atom. The minimum Gasteiger partial charge on any atom is -0.475 e. The van der Waals surface area contributed by atoms with Gasteiger partial charge in [-0.2, -0.15) is 13.2 Å². The van der Waals surface area contributed by atoms with Gasteiger partial charge in [0.1, 0.15) is 5.69 Å². The molecule has 9 nitrogen and oxygen atoms in total. The molecule has 1 aromatic rings. The second-order valence-corrected chi connectivity index (χ2v) is 7.86. The average Bonchev–Trinajstić information content (AvgIpc) is 3.27. The Kier molecular flexibility index (Phi) is 9.20. The molecule has 0 bridgehead atoms. The Bertz CT molecular complexity index is 798. The normalized spacial score (nSPS) is 16.4. The van der Waals surface area contributed by atoms with E-state index in [0.717, 1.165) is 56.7 Å². The van der Waals surface area contributed by atoms with Gasteiger partial charge < -0.3 is 20.1 Å². The third kappa shape index (κ3) is 7.02. The predicted octanol–water partition coefficient (Wildman–Crippen LogP) is 1.85. The molecule has 3 heterocycles. The number of hydrogen-bond donors (Lipinski definition) is 2. The number of hydrogen-bond acceptors (Lipinski definition) is 7. The molecular weight excluding hydrogens is 431 g/mol. The summed E-state index contributed by atoms with van der Waals surface area (Å²) in [5, 5.41) is 10.0. The van der Waals surface area contributed by atoms with Crippen LogP contribution in [0.2, 0.25) is 0 Å². The van der Waals surface area contributed by atoms with Crippen molar-refractivity contribution < 1.29 is 32.6 Å². The van der Waals surface area contributed by atoms with Crippen molar-refractivity contribution in [1.82, 2.24) is 20.2 Å². The van der Waals surface area contributed by atoms with E-state index in [2.05, 4.69) is 33.9 Å². The minimum absolute atomic E-state index is 0.123. The summed E-state index contributed by atoms with van der Waals surface area (Å²) in [7, 11) is 1.63. The molecule has 2 aliphatic heterocycles. The number of carboxylic acid groups (broad SMARTS) is 1. The van der Waals surface area contributed by atoms with E-state index < -0.39 is 12.1 Å². The summed E-state index contributed by atoms with van der Waals surface area (Å²) < 4.78 is 36.8. The lowest BCUT2D eigenvalue weighted by Gasteiger charge is -2.32. The van der Waals surface area contributed by atoms with Gasteiger partial charge in [-0.05, 0) is 26.7 Å².